The molecule has 138 valence electrons. The number of para-hydroxylation sites is 1. The van der Waals surface area contributed by atoms with Crippen molar-refractivity contribution in [2.45, 2.75) is 25.4 Å². The molecule has 0 spiro atoms. The number of carbonyl (C=O) groups is 1. The van der Waals surface area contributed by atoms with E-state index in [1.165, 1.54) is 6.42 Å². The fourth-order valence-corrected chi connectivity index (χ4v) is 4.53. The van der Waals surface area contributed by atoms with Crippen LogP contribution < -0.4 is 0 Å². The van der Waals surface area contributed by atoms with Crippen LogP contribution in [0.2, 0.25) is 0 Å². The molecule has 0 saturated carbocycles. The van der Waals surface area contributed by atoms with Crippen LogP contribution in [-0.2, 0) is 6.54 Å². The van der Waals surface area contributed by atoms with E-state index < -0.39 is 0 Å². The van der Waals surface area contributed by atoms with Crippen molar-refractivity contribution in [2.75, 3.05) is 19.6 Å². The molecule has 3 aliphatic rings. The summed E-state index contributed by atoms with van der Waals surface area (Å²) in [5, 5.41) is 1.15. The number of piperidine rings is 1. The lowest BCUT2D eigenvalue weighted by Crippen LogP contribution is -2.43. The number of rotatable bonds is 3. The lowest BCUT2D eigenvalue weighted by atomic mass is 9.95. The van der Waals surface area contributed by atoms with Gasteiger partial charge in [0.25, 0.3) is 5.91 Å². The van der Waals surface area contributed by atoms with Crippen LogP contribution in [0, 0.1) is 5.92 Å². The summed E-state index contributed by atoms with van der Waals surface area (Å²) in [6.07, 6.45) is 5.72. The van der Waals surface area contributed by atoms with Gasteiger partial charge in [-0.1, -0.05) is 18.2 Å². The van der Waals surface area contributed by atoms with Crippen LogP contribution in [-0.4, -0.2) is 46.4 Å². The Bertz CT molecular complexity index is 919. The highest BCUT2D eigenvalue weighted by Gasteiger charge is 2.36. The quantitative estimate of drug-likeness (QED) is 0.716. The fourth-order valence-electron chi connectivity index (χ4n) is 4.53. The number of benzene rings is 1. The lowest BCUT2D eigenvalue weighted by molar-refractivity contribution is 0.0734. The minimum atomic E-state index is 0.125. The largest absolute Gasteiger partial charge is 0.460 e. The monoisotopic (exact) mass is 361 g/mol. The first-order valence-corrected chi connectivity index (χ1v) is 9.67. The first kappa shape index (κ1) is 16.5. The van der Waals surface area contributed by atoms with E-state index in [9.17, 15) is 4.79 Å². The topological polar surface area (TPSA) is 49.6 Å². The van der Waals surface area contributed by atoms with Crippen molar-refractivity contribution in [3.05, 3.63) is 66.2 Å². The Hall–Kier alpha value is -2.66. The number of aromatic nitrogens is 1. The summed E-state index contributed by atoms with van der Waals surface area (Å²) < 4.78 is 6.03. The summed E-state index contributed by atoms with van der Waals surface area (Å²) in [5.41, 5.74) is 1.68. The summed E-state index contributed by atoms with van der Waals surface area (Å²) in [6, 6.07) is 14.3. The van der Waals surface area contributed by atoms with E-state index in [2.05, 4.69) is 22.0 Å². The third kappa shape index (κ3) is 3.23. The highest BCUT2D eigenvalue weighted by molar-refractivity contribution is 5.94. The van der Waals surface area contributed by atoms with Crippen molar-refractivity contribution >= 4 is 16.9 Å². The normalized spacial score (nSPS) is 22.9. The maximum absolute atomic E-state index is 12.9. The second kappa shape index (κ2) is 6.82. The van der Waals surface area contributed by atoms with Crippen molar-refractivity contribution in [3.8, 4) is 0 Å². The van der Waals surface area contributed by atoms with Gasteiger partial charge in [-0.2, -0.15) is 0 Å². The first-order valence-electron chi connectivity index (χ1n) is 9.67. The summed E-state index contributed by atoms with van der Waals surface area (Å²) in [5.74, 6) is 1.66. The van der Waals surface area contributed by atoms with Gasteiger partial charge < -0.3 is 9.32 Å². The van der Waals surface area contributed by atoms with Gasteiger partial charge in [0, 0.05) is 49.0 Å². The molecule has 3 fully saturated rings. The summed E-state index contributed by atoms with van der Waals surface area (Å²) in [6.45, 7) is 3.47. The van der Waals surface area contributed by atoms with Crippen LogP contribution in [0.4, 0.5) is 0 Å². The van der Waals surface area contributed by atoms with Gasteiger partial charge in [0.05, 0.1) is 6.54 Å². The van der Waals surface area contributed by atoms with Crippen LogP contribution in [0.15, 0.2) is 59.3 Å². The van der Waals surface area contributed by atoms with Crippen molar-refractivity contribution in [3.63, 3.8) is 0 Å². The summed E-state index contributed by atoms with van der Waals surface area (Å²) >= 11 is 0. The average Bonchev–Trinajstić information content (AvgIpc) is 2.89. The Balaban J connectivity index is 1.34. The molecule has 6 rings (SSSR count). The van der Waals surface area contributed by atoms with Gasteiger partial charge in [0.15, 0.2) is 0 Å². The molecule has 0 N–H and O–H groups in total. The molecule has 5 heterocycles. The Kier molecular flexibility index (Phi) is 4.17. The molecule has 5 heteroatoms. The first-order chi connectivity index (χ1) is 13.3. The molecule has 2 atom stereocenters. The smallest absolute Gasteiger partial charge is 0.254 e. The molecule has 3 saturated heterocycles. The van der Waals surface area contributed by atoms with E-state index >= 15 is 0 Å². The zero-order valence-electron chi connectivity index (χ0n) is 15.3. The number of carbonyl (C=O) groups excluding carboxylic acids is 1. The SMILES string of the molecule is O=C(c1ccncc1)N1C[C@H]2CC[C@@H](C1)N(Cc1cc3ccccc3o1)C2. The minimum absolute atomic E-state index is 0.125. The molecule has 2 aromatic heterocycles. The van der Waals surface area contributed by atoms with E-state index in [1.807, 2.05) is 23.1 Å². The van der Waals surface area contributed by atoms with Crippen molar-refractivity contribution in [2.24, 2.45) is 5.92 Å². The second-order valence-electron chi connectivity index (χ2n) is 7.72. The van der Waals surface area contributed by atoms with Crippen molar-refractivity contribution in [1.29, 1.82) is 0 Å². The van der Waals surface area contributed by atoms with Crippen LogP contribution in [0.3, 0.4) is 0 Å². The van der Waals surface area contributed by atoms with E-state index in [0.29, 0.717) is 12.0 Å². The van der Waals surface area contributed by atoms with Crippen molar-refractivity contribution in [1.82, 2.24) is 14.8 Å². The van der Waals surface area contributed by atoms with Crippen molar-refractivity contribution < 1.29 is 9.21 Å². The number of hydrogen-bond donors (Lipinski definition) is 0. The maximum atomic E-state index is 12.9. The number of fused-ring (bicyclic) bond motifs is 5. The third-order valence-electron chi connectivity index (χ3n) is 5.88. The average molecular weight is 361 g/mol. The Morgan fingerprint density at radius 2 is 1.93 bits per heavy atom. The predicted molar refractivity (Wildman–Crippen MR) is 103 cm³/mol. The van der Waals surface area contributed by atoms with Crippen LogP contribution in [0.25, 0.3) is 11.0 Å². The molecule has 0 radical (unpaired) electrons. The molecule has 2 bridgehead atoms. The predicted octanol–water partition coefficient (Wildman–Crippen LogP) is 3.56. The van der Waals surface area contributed by atoms with Crippen LogP contribution >= 0.6 is 0 Å². The van der Waals surface area contributed by atoms with Crippen LogP contribution in [0.1, 0.15) is 29.0 Å². The molecule has 5 nitrogen and oxygen atoms in total. The Labute approximate surface area is 158 Å². The van der Waals surface area contributed by atoms with Gasteiger partial charge in [-0.3, -0.25) is 14.7 Å². The highest BCUT2D eigenvalue weighted by Crippen LogP contribution is 2.31. The zero-order valence-corrected chi connectivity index (χ0v) is 15.3. The maximum Gasteiger partial charge on any atom is 0.254 e. The van der Waals surface area contributed by atoms with E-state index in [1.54, 1.807) is 24.5 Å². The van der Waals surface area contributed by atoms with Gasteiger partial charge in [0.1, 0.15) is 11.3 Å². The third-order valence-corrected chi connectivity index (χ3v) is 5.88. The summed E-state index contributed by atoms with van der Waals surface area (Å²) in [7, 11) is 0. The highest BCUT2D eigenvalue weighted by atomic mass is 16.3. The molecular weight excluding hydrogens is 338 g/mol. The standard InChI is InChI=1S/C22H23N3O2/c26-22(17-7-9-23-10-8-17)25-13-16-5-6-19(14-25)24(12-16)15-20-11-18-3-1-2-4-21(18)27-20/h1-4,7-11,16,19H,5-6,12-15H2/t16-,19-/m0/s1. The minimum Gasteiger partial charge on any atom is -0.460 e. The van der Waals surface area contributed by atoms with Gasteiger partial charge in [-0.25, -0.2) is 0 Å². The van der Waals surface area contributed by atoms with Crippen LogP contribution in [0.5, 0.6) is 0 Å². The number of furan rings is 1. The molecule has 0 unspecified atom stereocenters. The van der Waals surface area contributed by atoms with Gasteiger partial charge in [-0.15, -0.1) is 0 Å². The number of amides is 1. The van der Waals surface area contributed by atoms with E-state index in [0.717, 1.165) is 54.9 Å². The lowest BCUT2D eigenvalue weighted by Gasteiger charge is -2.35. The number of hydrogen-bond acceptors (Lipinski definition) is 4. The molecule has 3 aliphatic heterocycles. The Morgan fingerprint density at radius 3 is 2.78 bits per heavy atom. The molecule has 27 heavy (non-hydrogen) atoms. The van der Waals surface area contributed by atoms with E-state index in [4.69, 9.17) is 4.42 Å². The molecule has 1 aromatic carbocycles. The molecule has 1 amide bonds. The molecular formula is C22H23N3O2. The second-order valence-corrected chi connectivity index (χ2v) is 7.72. The fraction of sp³-hybridized carbons (Fsp3) is 0.364. The molecule has 3 aromatic rings. The van der Waals surface area contributed by atoms with Gasteiger partial charge >= 0.3 is 0 Å². The van der Waals surface area contributed by atoms with Gasteiger partial charge in [0.2, 0.25) is 0 Å². The van der Waals surface area contributed by atoms with E-state index in [-0.39, 0.29) is 5.91 Å². The number of pyridine rings is 1. The molecule has 0 aliphatic carbocycles. The number of nitrogens with zero attached hydrogens (tertiary/aromatic N) is 3. The zero-order chi connectivity index (χ0) is 18.2. The summed E-state index contributed by atoms with van der Waals surface area (Å²) in [4.78, 5) is 21.5. The van der Waals surface area contributed by atoms with Gasteiger partial charge in [-0.05, 0) is 43.0 Å². The Morgan fingerprint density at radius 1 is 1.07 bits per heavy atom.